The summed E-state index contributed by atoms with van der Waals surface area (Å²) in [5.74, 6) is 0. The second-order valence-corrected chi connectivity index (χ2v) is 20.3. The highest BCUT2D eigenvalue weighted by atomic mass is 32.1. The van der Waals surface area contributed by atoms with Crippen molar-refractivity contribution in [3.05, 3.63) is 253 Å². The van der Waals surface area contributed by atoms with Gasteiger partial charge in [-0.3, -0.25) is 0 Å². The van der Waals surface area contributed by atoms with Crippen molar-refractivity contribution >= 4 is 130 Å². The first-order valence-electron chi connectivity index (χ1n) is 33.3. The van der Waals surface area contributed by atoms with Crippen LogP contribution in [0.1, 0.15) is 33.1 Å². The highest BCUT2D eigenvalue weighted by Gasteiger charge is 2.35. The molecule has 0 fully saturated rings. The van der Waals surface area contributed by atoms with Gasteiger partial charge in [0.15, 0.2) is 0 Å². The van der Waals surface area contributed by atoms with Crippen LogP contribution in [-0.2, 0) is 0 Å². The number of para-hydroxylation sites is 6. The molecule has 0 radical (unpaired) electrons. The first kappa shape index (κ1) is 30.8. The lowest BCUT2D eigenvalue weighted by Gasteiger charge is -2.27. The van der Waals surface area contributed by atoms with Crippen molar-refractivity contribution in [3.8, 4) is 46.0 Å². The molecule has 0 spiro atoms. The average Bonchev–Trinajstić information content (AvgIpc) is 1.54. The molecule has 5 heterocycles. The van der Waals surface area contributed by atoms with Gasteiger partial charge in [-0.15, -0.1) is 11.3 Å². The lowest BCUT2D eigenvalue weighted by Crippen LogP contribution is -2.16. The highest BCUT2D eigenvalue weighted by molar-refractivity contribution is 7.26. The number of hydrogen-bond acceptors (Lipinski definition) is 3. The molecule has 17 aromatic rings. The van der Waals surface area contributed by atoms with Crippen molar-refractivity contribution in [3.63, 3.8) is 0 Å². The minimum absolute atomic E-state index is 0.0109. The molecule has 0 bridgehead atoms. The molecule has 0 saturated heterocycles. The Morgan fingerprint density at radius 2 is 0.747 bits per heavy atom. The van der Waals surface area contributed by atoms with E-state index in [1.54, 1.807) is 0 Å². The number of rotatable bonds is 5. The lowest BCUT2D eigenvalue weighted by atomic mass is 9.97. The van der Waals surface area contributed by atoms with Crippen molar-refractivity contribution in [2.75, 3.05) is 0 Å². The summed E-state index contributed by atoms with van der Waals surface area (Å²) < 4.78 is 160. The third-order valence-corrected chi connectivity index (χ3v) is 16.5. The van der Waals surface area contributed by atoms with Gasteiger partial charge in [0.05, 0.1) is 93.5 Å². The first-order valence-corrected chi connectivity index (χ1v) is 26.1. The molecule has 0 atom stereocenters. The summed E-state index contributed by atoms with van der Waals surface area (Å²) in [6.07, 6.45) is 0. The second kappa shape index (κ2) is 16.4. The van der Waals surface area contributed by atoms with Crippen LogP contribution in [-0.4, -0.2) is 18.3 Å². The quantitative estimate of drug-likeness (QED) is 0.172. The van der Waals surface area contributed by atoms with Crippen LogP contribution in [0.3, 0.4) is 0 Å². The van der Waals surface area contributed by atoms with Gasteiger partial charge in [0.25, 0.3) is 0 Å². The molecule has 0 aliphatic heterocycles. The van der Waals surface area contributed by atoms with Crippen LogP contribution >= 0.6 is 11.3 Å². The summed E-state index contributed by atoms with van der Waals surface area (Å²) in [5, 5.41) is 28.9. The largest absolute Gasteiger partial charge is 0.306 e. The molecule has 0 aliphatic carbocycles. The maximum Gasteiger partial charge on any atom is 0.104 e. The van der Waals surface area contributed by atoms with Crippen molar-refractivity contribution in [2.45, 2.75) is 0 Å². The number of nitrogens with zero attached hydrogens (tertiary/aromatic N) is 6. The van der Waals surface area contributed by atoms with Crippen molar-refractivity contribution in [1.82, 2.24) is 18.3 Å². The molecule has 0 unspecified atom stereocenters. The van der Waals surface area contributed by atoms with Gasteiger partial charge in [-0.2, -0.15) is 10.5 Å². The third-order valence-electron chi connectivity index (χ3n) is 15.4. The van der Waals surface area contributed by atoms with Gasteiger partial charge < -0.3 is 18.3 Å². The average molecular weight is 1040 g/mol. The van der Waals surface area contributed by atoms with E-state index in [0.717, 1.165) is 32.9 Å². The Morgan fingerprint density at radius 1 is 0.342 bits per heavy atom. The van der Waals surface area contributed by atoms with Crippen molar-refractivity contribution < 1.29 is 21.9 Å². The predicted molar refractivity (Wildman–Crippen MR) is 329 cm³/mol. The summed E-state index contributed by atoms with van der Waals surface area (Å²) in [6.45, 7) is 0. The number of nitriles is 2. The predicted octanol–water partition coefficient (Wildman–Crippen LogP) is 19.0. The molecule has 12 aromatic carbocycles. The summed E-state index contributed by atoms with van der Waals surface area (Å²) in [6, 6.07) is 39.9. The van der Waals surface area contributed by atoms with E-state index < -0.39 is 119 Å². The van der Waals surface area contributed by atoms with E-state index in [1.807, 2.05) is 159 Å². The molecule has 17 rings (SSSR count). The third kappa shape index (κ3) is 5.86. The Balaban J connectivity index is 1.24. The topological polar surface area (TPSA) is 67.3 Å². The van der Waals surface area contributed by atoms with E-state index in [0.29, 0.717) is 43.9 Å². The maximum atomic E-state index is 13.1. The van der Waals surface area contributed by atoms with Crippen LogP contribution < -0.4 is 0 Å². The highest BCUT2D eigenvalue weighted by Crippen LogP contribution is 2.51. The molecule has 6 nitrogen and oxygen atoms in total. The fourth-order valence-corrected chi connectivity index (χ4v) is 13.4. The van der Waals surface area contributed by atoms with Crippen molar-refractivity contribution in [1.29, 1.82) is 10.5 Å². The Morgan fingerprint density at radius 3 is 1.24 bits per heavy atom. The van der Waals surface area contributed by atoms with Crippen LogP contribution in [0.5, 0.6) is 0 Å². The van der Waals surface area contributed by atoms with Crippen LogP contribution in [0.4, 0.5) is 0 Å². The summed E-state index contributed by atoms with van der Waals surface area (Å²) in [5.41, 5.74) is 1.83. The molecular formula is C72H40N6S. The van der Waals surface area contributed by atoms with Gasteiger partial charge in [-0.25, -0.2) is 0 Å². The minimum Gasteiger partial charge on any atom is -0.306 e. The molecule has 0 saturated carbocycles. The smallest absolute Gasteiger partial charge is 0.104 e. The van der Waals surface area contributed by atoms with E-state index in [9.17, 15) is 24.2 Å². The Bertz CT molecular complexity index is 6430. The number of thiophene rings is 1. The number of benzene rings is 12. The number of hydrogen-bond donors (Lipinski definition) is 0. The van der Waals surface area contributed by atoms with Gasteiger partial charge in [0.1, 0.15) is 23.3 Å². The van der Waals surface area contributed by atoms with E-state index in [1.165, 1.54) is 4.57 Å². The fraction of sp³-hybridized carbons (Fsp3) is 0. The number of aromatic nitrogens is 4. The fourth-order valence-electron chi connectivity index (χ4n) is 12.3. The van der Waals surface area contributed by atoms with Gasteiger partial charge in [0.2, 0.25) is 0 Å². The molecule has 0 aliphatic rings. The summed E-state index contributed by atoms with van der Waals surface area (Å²) >= 11 is 0.846. The molecule has 79 heavy (non-hydrogen) atoms. The van der Waals surface area contributed by atoms with Crippen LogP contribution in [0.15, 0.2) is 242 Å². The minimum atomic E-state index is -0.821. The summed E-state index contributed by atoms with van der Waals surface area (Å²) in [4.78, 5) is 0. The molecule has 0 amide bonds. The summed E-state index contributed by atoms with van der Waals surface area (Å²) in [7, 11) is 0. The van der Waals surface area contributed by atoms with Crippen LogP contribution in [0.2, 0.25) is 0 Å². The van der Waals surface area contributed by atoms with E-state index >= 15 is 0 Å². The molecular weight excluding hydrogens is 981 g/mol. The Labute approximate surface area is 478 Å². The monoisotopic (exact) mass is 1040 g/mol. The van der Waals surface area contributed by atoms with E-state index in [2.05, 4.69) is 12.1 Å². The van der Waals surface area contributed by atoms with E-state index in [-0.39, 0.29) is 75.9 Å². The SMILES string of the molecule is [2H]c1c([2H])c([2H])c2c(sc3c2c([2H])c([2H])c2c4c([2H])c([2H])c(-c5c([2H])c([2H])c([2H])c6c([2H])c([2H])c([2H])c([2H])c56)c([2H])c4n(-c4c(C#N)c(-n5c6ccccc6c6ccccc65)c(-n5c6ccccc6c6ccccc65)c(C#N)c4-n4c5ccccc5c5ccccc54)c32)c1[2H]. The zero-order chi connectivity index (χ0) is 66.0. The Kier molecular flexibility index (Phi) is 6.38. The van der Waals surface area contributed by atoms with Gasteiger partial charge >= 0.3 is 0 Å². The first-order chi connectivity index (χ1) is 45.9. The normalized spacial score (nSPS) is 14.9. The number of fused-ring (bicyclic) bond motifs is 17. The van der Waals surface area contributed by atoms with Gasteiger partial charge in [-0.1, -0.05) is 194 Å². The Hall–Kier alpha value is -10.7. The van der Waals surface area contributed by atoms with Crippen LogP contribution in [0, 0.1) is 22.7 Å². The van der Waals surface area contributed by atoms with Crippen LogP contribution in [0.25, 0.3) is 152 Å². The maximum absolute atomic E-state index is 13.1. The molecule has 364 valence electrons. The molecule has 7 heteroatoms. The second-order valence-electron chi connectivity index (χ2n) is 19.3. The molecule has 0 N–H and O–H groups in total. The van der Waals surface area contributed by atoms with Gasteiger partial charge in [-0.05, 0) is 70.4 Å². The standard InChI is InChI=1S/C72H40N6S/c73-41-57-67(75-59-29-10-3-21-47(59)48-22-4-11-30-60(48)75)68(76-61-31-12-5-23-49(61)50-24-6-13-32-62(50)76)58(42-74)70(69(57)77-63-33-14-7-25-51(63)52-26-8-15-34-64(52)77)78-65-40-44(46-28-17-19-43-18-1-2-20-45(43)46)36-37-53(65)55-38-39-56-54-27-9-16-35-66(54)79-72(56)71(55)78/h1-40H/i1D,2D,9D,16D,17D,18D,19D,20D,27D,28D,35D,36D,37D,38D,39D,40D. The zero-order valence-corrected chi connectivity index (χ0v) is 41.8. The van der Waals surface area contributed by atoms with Gasteiger partial charge in [0, 0.05) is 58.6 Å². The van der Waals surface area contributed by atoms with E-state index in [4.69, 9.17) is 8.22 Å². The zero-order valence-electron chi connectivity index (χ0n) is 56.9. The van der Waals surface area contributed by atoms with Crippen molar-refractivity contribution in [2.24, 2.45) is 0 Å². The lowest BCUT2D eigenvalue weighted by molar-refractivity contribution is 1.03. The molecule has 5 aromatic heterocycles.